The highest BCUT2D eigenvalue weighted by molar-refractivity contribution is 4.88. The van der Waals surface area contributed by atoms with Crippen molar-refractivity contribution in [3.05, 3.63) is 11.9 Å². The number of halogens is 2. The fraction of sp³-hybridized carbons (Fsp3) is 0.714. The third kappa shape index (κ3) is 2.45. The molecule has 74 valence electrons. The number of aliphatic hydroxyl groups is 1. The van der Waals surface area contributed by atoms with E-state index in [0.717, 1.165) is 6.92 Å². The maximum atomic E-state index is 12.2. The van der Waals surface area contributed by atoms with Gasteiger partial charge in [-0.05, 0) is 13.8 Å². The molecule has 1 heterocycles. The lowest BCUT2D eigenvalue weighted by Gasteiger charge is -2.21. The minimum absolute atomic E-state index is 0.258. The van der Waals surface area contributed by atoms with E-state index in [-0.39, 0.29) is 6.54 Å². The Hall–Kier alpha value is -1.04. The molecule has 0 saturated heterocycles. The van der Waals surface area contributed by atoms with Crippen LogP contribution in [-0.2, 0) is 6.54 Å². The zero-order chi connectivity index (χ0) is 10.1. The molecule has 1 rings (SSSR count). The topological polar surface area (TPSA) is 50.9 Å². The van der Waals surface area contributed by atoms with Gasteiger partial charge in [0.2, 0.25) is 0 Å². The Morgan fingerprint density at radius 2 is 2.31 bits per heavy atom. The van der Waals surface area contributed by atoms with E-state index in [1.54, 1.807) is 6.92 Å². The van der Waals surface area contributed by atoms with Crippen molar-refractivity contribution in [1.29, 1.82) is 0 Å². The van der Waals surface area contributed by atoms with Crippen molar-refractivity contribution in [2.24, 2.45) is 0 Å². The van der Waals surface area contributed by atoms with Crippen LogP contribution >= 0.6 is 0 Å². The average molecular weight is 191 g/mol. The monoisotopic (exact) mass is 191 g/mol. The molecule has 1 atom stereocenters. The molecule has 0 amide bonds. The van der Waals surface area contributed by atoms with Gasteiger partial charge in [0.15, 0.2) is 0 Å². The molecule has 0 bridgehead atoms. The zero-order valence-corrected chi connectivity index (χ0v) is 7.41. The number of hydrogen-bond acceptors (Lipinski definition) is 3. The predicted octanol–water partition coefficient (Wildman–Crippen LogP) is 0.603. The van der Waals surface area contributed by atoms with Gasteiger partial charge in [-0.2, -0.15) is 0 Å². The molecule has 0 fully saturated rings. The van der Waals surface area contributed by atoms with Crippen LogP contribution in [0, 0.1) is 6.92 Å². The summed E-state index contributed by atoms with van der Waals surface area (Å²) in [6.07, 6.45) is -1.30. The Labute approximate surface area is 74.2 Å². The second kappa shape index (κ2) is 3.37. The normalized spacial score (nSPS) is 16.2. The second-order valence-corrected chi connectivity index (χ2v) is 3.22. The average Bonchev–Trinajstić information content (AvgIpc) is 2.34. The molecule has 1 N–H and O–H groups in total. The number of hydrogen-bond donors (Lipinski definition) is 1. The van der Waals surface area contributed by atoms with E-state index in [4.69, 9.17) is 0 Å². The Morgan fingerprint density at radius 1 is 1.69 bits per heavy atom. The number of aromatic nitrogens is 3. The van der Waals surface area contributed by atoms with Gasteiger partial charge < -0.3 is 5.11 Å². The van der Waals surface area contributed by atoms with E-state index in [1.807, 2.05) is 0 Å². The molecular weight excluding hydrogens is 180 g/mol. The Morgan fingerprint density at radius 3 is 2.69 bits per heavy atom. The molecule has 1 aromatic heterocycles. The maximum Gasteiger partial charge on any atom is 0.268 e. The fourth-order valence-corrected chi connectivity index (χ4v) is 0.870. The van der Waals surface area contributed by atoms with E-state index in [0.29, 0.717) is 5.69 Å². The minimum Gasteiger partial charge on any atom is -0.382 e. The Bertz CT molecular complexity index is 285. The van der Waals surface area contributed by atoms with Gasteiger partial charge in [-0.25, -0.2) is 13.5 Å². The lowest BCUT2D eigenvalue weighted by molar-refractivity contribution is -0.0946. The predicted molar refractivity (Wildman–Crippen MR) is 41.4 cm³/mol. The van der Waals surface area contributed by atoms with Gasteiger partial charge in [0.1, 0.15) is 5.60 Å². The van der Waals surface area contributed by atoms with Crippen molar-refractivity contribution in [1.82, 2.24) is 15.0 Å². The first-order valence-corrected chi connectivity index (χ1v) is 3.79. The number of aryl methyl sites for hydroxylation is 1. The summed E-state index contributed by atoms with van der Waals surface area (Å²) in [6, 6.07) is 0. The van der Waals surface area contributed by atoms with Crippen molar-refractivity contribution in [2.45, 2.75) is 32.4 Å². The minimum atomic E-state index is -2.79. The van der Waals surface area contributed by atoms with Crippen LogP contribution in [0.1, 0.15) is 12.6 Å². The van der Waals surface area contributed by atoms with Gasteiger partial charge in [-0.1, -0.05) is 5.21 Å². The highest BCUT2D eigenvalue weighted by Gasteiger charge is 2.33. The summed E-state index contributed by atoms with van der Waals surface area (Å²) in [4.78, 5) is 0. The molecule has 0 aromatic carbocycles. The van der Waals surface area contributed by atoms with Gasteiger partial charge in [-0.3, -0.25) is 0 Å². The molecule has 0 saturated carbocycles. The molecular formula is C7H11F2N3O. The van der Waals surface area contributed by atoms with Crippen molar-refractivity contribution >= 4 is 0 Å². The Kier molecular flexibility index (Phi) is 2.60. The largest absolute Gasteiger partial charge is 0.382 e. The van der Waals surface area contributed by atoms with Crippen molar-refractivity contribution < 1.29 is 13.9 Å². The van der Waals surface area contributed by atoms with E-state index < -0.39 is 12.0 Å². The van der Waals surface area contributed by atoms with Crippen LogP contribution in [0.4, 0.5) is 8.78 Å². The fourth-order valence-electron chi connectivity index (χ4n) is 0.870. The van der Waals surface area contributed by atoms with Crippen LogP contribution in [0.15, 0.2) is 6.20 Å². The van der Waals surface area contributed by atoms with Crippen molar-refractivity contribution in [3.8, 4) is 0 Å². The quantitative estimate of drug-likeness (QED) is 0.761. The van der Waals surface area contributed by atoms with Crippen LogP contribution in [0.2, 0.25) is 0 Å². The lowest BCUT2D eigenvalue weighted by atomic mass is 10.1. The summed E-state index contributed by atoms with van der Waals surface area (Å²) in [5, 5.41) is 16.4. The molecule has 0 radical (unpaired) electrons. The van der Waals surface area contributed by atoms with Crippen molar-refractivity contribution in [2.75, 3.05) is 0 Å². The van der Waals surface area contributed by atoms with Crippen molar-refractivity contribution in [3.63, 3.8) is 0 Å². The maximum absolute atomic E-state index is 12.2. The van der Waals surface area contributed by atoms with E-state index in [1.165, 1.54) is 10.9 Å². The summed E-state index contributed by atoms with van der Waals surface area (Å²) in [6.45, 7) is 2.50. The molecule has 1 aromatic rings. The van der Waals surface area contributed by atoms with Gasteiger partial charge in [0.05, 0.1) is 12.2 Å². The highest BCUT2D eigenvalue weighted by atomic mass is 19.3. The van der Waals surface area contributed by atoms with Gasteiger partial charge in [0, 0.05) is 6.20 Å². The summed E-state index contributed by atoms with van der Waals surface area (Å²) < 4.78 is 25.6. The molecule has 6 heteroatoms. The summed E-state index contributed by atoms with van der Waals surface area (Å²) in [7, 11) is 0. The standard InChI is InChI=1S/C7H11F2N3O/c1-5-3-12(11-10-5)4-7(2,13)6(8)9/h3,6,13H,4H2,1-2H3. The van der Waals surface area contributed by atoms with Crippen LogP contribution in [-0.4, -0.2) is 32.1 Å². The molecule has 1 unspecified atom stereocenters. The highest BCUT2D eigenvalue weighted by Crippen LogP contribution is 2.16. The molecule has 0 spiro atoms. The molecule has 4 nitrogen and oxygen atoms in total. The molecule has 0 aliphatic carbocycles. The molecule has 13 heavy (non-hydrogen) atoms. The second-order valence-electron chi connectivity index (χ2n) is 3.22. The first kappa shape index (κ1) is 10.0. The third-order valence-corrected chi connectivity index (χ3v) is 1.61. The summed E-state index contributed by atoms with van der Waals surface area (Å²) in [5.74, 6) is 0. The molecule has 0 aliphatic rings. The van der Waals surface area contributed by atoms with Gasteiger partial charge in [-0.15, -0.1) is 5.10 Å². The number of nitrogens with zero attached hydrogens (tertiary/aromatic N) is 3. The van der Waals surface area contributed by atoms with Crippen LogP contribution < -0.4 is 0 Å². The number of rotatable bonds is 3. The number of alkyl halides is 2. The third-order valence-electron chi connectivity index (χ3n) is 1.61. The van der Waals surface area contributed by atoms with E-state index >= 15 is 0 Å². The first-order valence-electron chi connectivity index (χ1n) is 3.79. The van der Waals surface area contributed by atoms with Gasteiger partial charge >= 0.3 is 0 Å². The van der Waals surface area contributed by atoms with Crippen LogP contribution in [0.5, 0.6) is 0 Å². The SMILES string of the molecule is Cc1cn(CC(C)(O)C(F)F)nn1. The summed E-state index contributed by atoms with van der Waals surface area (Å²) in [5.41, 5.74) is -1.43. The first-order chi connectivity index (χ1) is 5.92. The summed E-state index contributed by atoms with van der Waals surface area (Å²) >= 11 is 0. The van der Waals surface area contributed by atoms with E-state index in [9.17, 15) is 13.9 Å². The smallest absolute Gasteiger partial charge is 0.268 e. The molecule has 0 aliphatic heterocycles. The Balaban J connectivity index is 2.68. The lowest BCUT2D eigenvalue weighted by Crippen LogP contribution is -2.38. The van der Waals surface area contributed by atoms with Crippen LogP contribution in [0.25, 0.3) is 0 Å². The zero-order valence-electron chi connectivity index (χ0n) is 7.41. The van der Waals surface area contributed by atoms with Crippen LogP contribution in [0.3, 0.4) is 0 Å². The van der Waals surface area contributed by atoms with Gasteiger partial charge in [0.25, 0.3) is 6.43 Å². The van der Waals surface area contributed by atoms with E-state index in [2.05, 4.69) is 10.3 Å².